The Labute approximate surface area is 158 Å². The third-order valence-electron chi connectivity index (χ3n) is 5.24. The summed E-state index contributed by atoms with van der Waals surface area (Å²) < 4.78 is 0. The highest BCUT2D eigenvalue weighted by Crippen LogP contribution is 2.43. The van der Waals surface area contributed by atoms with Gasteiger partial charge in [-0.05, 0) is 48.6 Å². The topological polar surface area (TPSA) is 23.6 Å². The molecule has 2 aromatic rings. The molecule has 0 aliphatic carbocycles. The second kappa shape index (κ2) is 6.64. The van der Waals surface area contributed by atoms with Crippen LogP contribution >= 0.6 is 23.2 Å². The van der Waals surface area contributed by atoms with Crippen LogP contribution < -0.4 is 4.90 Å². The number of carbonyl (C=O) groups excluding carboxylic acids is 1. The molecular formula is C20H20Cl2N2O. The van der Waals surface area contributed by atoms with Crippen molar-refractivity contribution in [1.82, 2.24) is 4.90 Å². The van der Waals surface area contributed by atoms with Crippen LogP contribution in [0.3, 0.4) is 0 Å². The molecule has 4 rings (SSSR count). The first-order valence-electron chi connectivity index (χ1n) is 8.73. The lowest BCUT2D eigenvalue weighted by Gasteiger charge is -2.30. The Balaban J connectivity index is 1.78. The van der Waals surface area contributed by atoms with Crippen LogP contribution in [0.1, 0.15) is 37.1 Å². The maximum absolute atomic E-state index is 13.1. The predicted octanol–water partition coefficient (Wildman–Crippen LogP) is 5.07. The molecule has 1 amide bonds. The van der Waals surface area contributed by atoms with Crippen LogP contribution in [0.15, 0.2) is 42.5 Å². The van der Waals surface area contributed by atoms with Crippen molar-refractivity contribution in [2.45, 2.75) is 38.4 Å². The molecule has 130 valence electrons. The molecule has 2 aliphatic rings. The Morgan fingerprint density at radius 2 is 1.84 bits per heavy atom. The summed E-state index contributed by atoms with van der Waals surface area (Å²) in [6, 6.07) is 14.0. The van der Waals surface area contributed by atoms with Crippen LogP contribution in [0.4, 0.5) is 5.69 Å². The number of benzene rings is 2. The molecule has 2 atom stereocenters. The number of halogens is 2. The van der Waals surface area contributed by atoms with E-state index in [1.54, 1.807) is 12.1 Å². The number of nitrogens with zero attached hydrogens (tertiary/aromatic N) is 2. The van der Waals surface area contributed by atoms with Crippen LogP contribution in [-0.2, 0) is 11.2 Å². The monoisotopic (exact) mass is 374 g/mol. The van der Waals surface area contributed by atoms with Crippen molar-refractivity contribution >= 4 is 34.8 Å². The standard InChI is InChI=1S/C20H20Cl2N2O/c1-2-13-5-7-14(8-6-13)19-23-11-3-4-18(23)20(25)24(19)15-9-10-16(21)17(22)12-15/h5-10,12,18-19H,2-4,11H2,1H3/t18-,19+/m0/s1. The minimum atomic E-state index is -0.0804. The van der Waals surface area contributed by atoms with Crippen LogP contribution in [0.25, 0.3) is 0 Å². The zero-order valence-electron chi connectivity index (χ0n) is 14.1. The average Bonchev–Trinajstić information content (AvgIpc) is 3.20. The maximum atomic E-state index is 13.1. The summed E-state index contributed by atoms with van der Waals surface area (Å²) in [4.78, 5) is 17.3. The maximum Gasteiger partial charge on any atom is 0.246 e. The fraction of sp³-hybridized carbons (Fsp3) is 0.350. The molecule has 2 saturated heterocycles. The van der Waals surface area contributed by atoms with Crippen molar-refractivity contribution in [3.05, 3.63) is 63.6 Å². The van der Waals surface area contributed by atoms with Crippen LogP contribution in [-0.4, -0.2) is 23.4 Å². The van der Waals surface area contributed by atoms with E-state index < -0.39 is 0 Å². The quantitative estimate of drug-likeness (QED) is 0.748. The number of aryl methyl sites for hydroxylation is 1. The summed E-state index contributed by atoms with van der Waals surface area (Å²) in [6.07, 6.45) is 2.91. The van der Waals surface area contributed by atoms with E-state index in [2.05, 4.69) is 36.1 Å². The second-order valence-electron chi connectivity index (χ2n) is 6.67. The molecule has 0 saturated carbocycles. The van der Waals surface area contributed by atoms with Gasteiger partial charge < -0.3 is 0 Å². The van der Waals surface area contributed by atoms with Gasteiger partial charge in [-0.3, -0.25) is 14.6 Å². The van der Waals surface area contributed by atoms with Gasteiger partial charge >= 0.3 is 0 Å². The van der Waals surface area contributed by atoms with E-state index in [1.807, 2.05) is 11.0 Å². The number of anilines is 1. The molecule has 2 heterocycles. The van der Waals surface area contributed by atoms with E-state index in [1.165, 1.54) is 5.56 Å². The summed E-state index contributed by atoms with van der Waals surface area (Å²) in [5.74, 6) is 0.153. The Kier molecular flexibility index (Phi) is 4.48. The molecular weight excluding hydrogens is 355 g/mol. The summed E-state index contributed by atoms with van der Waals surface area (Å²) in [5.41, 5.74) is 3.24. The van der Waals surface area contributed by atoms with Gasteiger partial charge in [0.2, 0.25) is 5.91 Å². The fourth-order valence-corrected chi connectivity index (χ4v) is 4.24. The Morgan fingerprint density at radius 3 is 2.52 bits per heavy atom. The number of rotatable bonds is 3. The zero-order chi connectivity index (χ0) is 17.6. The SMILES string of the molecule is CCc1ccc([C@H]2N(c3ccc(Cl)c(Cl)c3)C(=O)[C@@H]3CCCN32)cc1. The van der Waals surface area contributed by atoms with Gasteiger partial charge in [0.1, 0.15) is 6.17 Å². The molecule has 5 heteroatoms. The lowest BCUT2D eigenvalue weighted by molar-refractivity contribution is -0.119. The zero-order valence-corrected chi connectivity index (χ0v) is 15.6. The number of amides is 1. The molecule has 2 aromatic carbocycles. The van der Waals surface area contributed by atoms with Gasteiger partial charge in [-0.1, -0.05) is 54.4 Å². The summed E-state index contributed by atoms with van der Waals surface area (Å²) in [6.45, 7) is 3.08. The van der Waals surface area contributed by atoms with Crippen molar-refractivity contribution in [3.8, 4) is 0 Å². The third kappa shape index (κ3) is 2.84. The van der Waals surface area contributed by atoms with Gasteiger partial charge in [0, 0.05) is 12.2 Å². The van der Waals surface area contributed by atoms with E-state index in [-0.39, 0.29) is 18.1 Å². The van der Waals surface area contributed by atoms with Crippen LogP contribution in [0, 0.1) is 0 Å². The molecule has 0 radical (unpaired) electrons. The first-order chi connectivity index (χ1) is 12.1. The molecule has 25 heavy (non-hydrogen) atoms. The van der Waals surface area contributed by atoms with Crippen molar-refractivity contribution in [2.24, 2.45) is 0 Å². The minimum Gasteiger partial charge on any atom is -0.290 e. The van der Waals surface area contributed by atoms with Gasteiger partial charge in [0.25, 0.3) is 0 Å². The van der Waals surface area contributed by atoms with Crippen molar-refractivity contribution in [3.63, 3.8) is 0 Å². The summed E-state index contributed by atoms with van der Waals surface area (Å²) in [7, 11) is 0. The largest absolute Gasteiger partial charge is 0.290 e. The molecule has 0 spiro atoms. The van der Waals surface area contributed by atoms with E-state index in [0.29, 0.717) is 10.0 Å². The number of hydrogen-bond donors (Lipinski definition) is 0. The second-order valence-corrected chi connectivity index (χ2v) is 7.49. The normalized spacial score (nSPS) is 23.3. The van der Waals surface area contributed by atoms with E-state index in [9.17, 15) is 4.79 Å². The van der Waals surface area contributed by atoms with E-state index >= 15 is 0 Å². The van der Waals surface area contributed by atoms with Crippen LogP contribution in [0.2, 0.25) is 10.0 Å². The highest BCUT2D eigenvalue weighted by molar-refractivity contribution is 6.42. The smallest absolute Gasteiger partial charge is 0.246 e. The van der Waals surface area contributed by atoms with Gasteiger partial charge in [-0.15, -0.1) is 0 Å². The predicted molar refractivity (Wildman–Crippen MR) is 102 cm³/mol. The minimum absolute atomic E-state index is 0.0368. The highest BCUT2D eigenvalue weighted by Gasteiger charge is 2.49. The first-order valence-corrected chi connectivity index (χ1v) is 9.48. The van der Waals surface area contributed by atoms with Gasteiger partial charge in [0.05, 0.1) is 16.1 Å². The Morgan fingerprint density at radius 1 is 1.08 bits per heavy atom. The van der Waals surface area contributed by atoms with E-state index in [0.717, 1.165) is 37.1 Å². The van der Waals surface area contributed by atoms with Crippen LogP contribution in [0.5, 0.6) is 0 Å². The van der Waals surface area contributed by atoms with Crippen molar-refractivity contribution in [1.29, 1.82) is 0 Å². The molecule has 2 fully saturated rings. The third-order valence-corrected chi connectivity index (χ3v) is 5.98. The number of hydrogen-bond acceptors (Lipinski definition) is 2. The Hall–Kier alpha value is -1.55. The molecule has 3 nitrogen and oxygen atoms in total. The highest BCUT2D eigenvalue weighted by atomic mass is 35.5. The number of carbonyl (C=O) groups is 1. The molecule has 0 unspecified atom stereocenters. The Bertz CT molecular complexity index is 806. The van der Waals surface area contributed by atoms with Crippen molar-refractivity contribution in [2.75, 3.05) is 11.4 Å². The molecule has 0 N–H and O–H groups in total. The first kappa shape index (κ1) is 16.9. The summed E-state index contributed by atoms with van der Waals surface area (Å²) in [5, 5.41) is 0.973. The fourth-order valence-electron chi connectivity index (χ4n) is 3.95. The van der Waals surface area contributed by atoms with Gasteiger partial charge in [-0.2, -0.15) is 0 Å². The number of fused-ring (bicyclic) bond motifs is 1. The molecule has 2 aliphatic heterocycles. The van der Waals surface area contributed by atoms with Crippen molar-refractivity contribution < 1.29 is 4.79 Å². The lowest BCUT2D eigenvalue weighted by atomic mass is 10.1. The summed E-state index contributed by atoms with van der Waals surface area (Å²) >= 11 is 12.3. The van der Waals surface area contributed by atoms with Gasteiger partial charge in [-0.25, -0.2) is 0 Å². The lowest BCUT2D eigenvalue weighted by Crippen LogP contribution is -2.32. The van der Waals surface area contributed by atoms with E-state index in [4.69, 9.17) is 23.2 Å². The molecule has 0 bridgehead atoms. The molecule has 0 aromatic heterocycles. The van der Waals surface area contributed by atoms with Gasteiger partial charge in [0.15, 0.2) is 0 Å². The average molecular weight is 375 g/mol.